The topological polar surface area (TPSA) is 96.5 Å². The summed E-state index contributed by atoms with van der Waals surface area (Å²) in [7, 11) is 0. The van der Waals surface area contributed by atoms with Gasteiger partial charge in [0.25, 0.3) is 0 Å². The van der Waals surface area contributed by atoms with Crippen molar-refractivity contribution in [2.75, 3.05) is 6.54 Å². The number of hydrogen-bond acceptors (Lipinski definition) is 5. The third kappa shape index (κ3) is 5.37. The van der Waals surface area contributed by atoms with E-state index in [4.69, 9.17) is 9.63 Å². The maximum atomic E-state index is 13.0. The molecule has 2 heterocycles. The Morgan fingerprint density at radius 1 is 1.21 bits per heavy atom. The van der Waals surface area contributed by atoms with Crippen LogP contribution in [0.15, 0.2) is 28.8 Å². The molecule has 7 nitrogen and oxygen atoms in total. The number of aryl methyl sites for hydroxylation is 1. The Morgan fingerprint density at radius 2 is 2.00 bits per heavy atom. The predicted molar refractivity (Wildman–Crippen MR) is 98.9 cm³/mol. The van der Waals surface area contributed by atoms with E-state index in [0.717, 1.165) is 19.3 Å². The maximum absolute atomic E-state index is 13.0. The van der Waals surface area contributed by atoms with Crippen molar-refractivity contribution in [3.63, 3.8) is 0 Å². The van der Waals surface area contributed by atoms with E-state index in [-0.39, 0.29) is 24.2 Å². The second-order valence-corrected chi connectivity index (χ2v) is 7.04. The quantitative estimate of drug-likeness (QED) is 0.743. The molecule has 1 aromatic heterocycles. The number of carbonyl (C=O) groups excluding carboxylic acids is 1. The SMILES string of the molecule is O=C(O)CCC1CCCCN1C(=O)CCCc1nc(-c2ccc(F)cc2)no1. The molecule has 1 unspecified atom stereocenters. The zero-order chi connectivity index (χ0) is 19.9. The fourth-order valence-corrected chi connectivity index (χ4v) is 3.53. The Balaban J connectivity index is 1.49. The van der Waals surface area contributed by atoms with Gasteiger partial charge in [0.05, 0.1) is 0 Å². The summed E-state index contributed by atoms with van der Waals surface area (Å²) in [5, 5.41) is 12.8. The Kier molecular flexibility index (Phi) is 6.73. The second kappa shape index (κ2) is 9.43. The van der Waals surface area contributed by atoms with Crippen molar-refractivity contribution < 1.29 is 23.6 Å². The standard InChI is InChI=1S/C20H24FN3O4/c21-15-9-7-14(8-10-15)20-22-17(28-23-20)5-3-6-18(25)24-13-2-1-4-16(24)11-12-19(26)27/h7-10,16H,1-6,11-13H2,(H,26,27). The van der Waals surface area contributed by atoms with Crippen LogP contribution in [0.2, 0.25) is 0 Å². The molecule has 0 radical (unpaired) electrons. The van der Waals surface area contributed by atoms with E-state index in [1.165, 1.54) is 12.1 Å². The molecule has 0 aliphatic carbocycles. The first kappa shape index (κ1) is 20.0. The zero-order valence-corrected chi connectivity index (χ0v) is 15.6. The van der Waals surface area contributed by atoms with Crippen molar-refractivity contribution in [2.24, 2.45) is 0 Å². The Morgan fingerprint density at radius 3 is 2.75 bits per heavy atom. The van der Waals surface area contributed by atoms with Crippen LogP contribution in [0.1, 0.15) is 50.8 Å². The molecule has 2 aromatic rings. The van der Waals surface area contributed by atoms with Crippen LogP contribution in [0, 0.1) is 5.82 Å². The molecule has 0 bridgehead atoms. The molecular weight excluding hydrogens is 365 g/mol. The van der Waals surface area contributed by atoms with Gasteiger partial charge in [-0.25, -0.2) is 4.39 Å². The minimum atomic E-state index is -0.827. The summed E-state index contributed by atoms with van der Waals surface area (Å²) in [4.78, 5) is 29.5. The normalized spacial score (nSPS) is 16.9. The largest absolute Gasteiger partial charge is 0.481 e. The van der Waals surface area contributed by atoms with Crippen molar-refractivity contribution in [3.8, 4) is 11.4 Å². The molecule has 28 heavy (non-hydrogen) atoms. The van der Waals surface area contributed by atoms with Gasteiger partial charge in [-0.1, -0.05) is 5.16 Å². The Bertz CT molecular complexity index is 806. The zero-order valence-electron chi connectivity index (χ0n) is 15.6. The average molecular weight is 389 g/mol. The number of aliphatic carboxylic acids is 1. The van der Waals surface area contributed by atoms with Crippen molar-refractivity contribution in [2.45, 2.75) is 57.4 Å². The summed E-state index contributed by atoms with van der Waals surface area (Å²) in [5.41, 5.74) is 0.669. The monoisotopic (exact) mass is 389 g/mol. The van der Waals surface area contributed by atoms with Crippen LogP contribution in [0.4, 0.5) is 4.39 Å². The van der Waals surface area contributed by atoms with E-state index in [2.05, 4.69) is 10.1 Å². The van der Waals surface area contributed by atoms with Gasteiger partial charge < -0.3 is 14.5 Å². The van der Waals surface area contributed by atoms with Gasteiger partial charge in [0, 0.05) is 37.4 Å². The second-order valence-electron chi connectivity index (χ2n) is 7.04. The molecule has 3 rings (SSSR count). The van der Waals surface area contributed by atoms with Crippen molar-refractivity contribution in [3.05, 3.63) is 36.0 Å². The van der Waals surface area contributed by atoms with Gasteiger partial charge >= 0.3 is 5.97 Å². The number of benzene rings is 1. The van der Waals surface area contributed by atoms with Gasteiger partial charge in [-0.2, -0.15) is 4.98 Å². The molecule has 0 spiro atoms. The van der Waals surface area contributed by atoms with Gasteiger partial charge in [-0.15, -0.1) is 0 Å². The van der Waals surface area contributed by atoms with Gasteiger partial charge in [0.2, 0.25) is 17.6 Å². The molecule has 1 atom stereocenters. The molecule has 8 heteroatoms. The number of piperidine rings is 1. The lowest BCUT2D eigenvalue weighted by atomic mass is 9.97. The van der Waals surface area contributed by atoms with Crippen LogP contribution in [-0.2, 0) is 16.0 Å². The van der Waals surface area contributed by atoms with Crippen LogP contribution in [-0.4, -0.2) is 44.6 Å². The molecule has 1 fully saturated rings. The summed E-state index contributed by atoms with van der Waals surface area (Å²) in [6.45, 7) is 0.693. The highest BCUT2D eigenvalue weighted by molar-refractivity contribution is 5.76. The number of likely N-dealkylation sites (tertiary alicyclic amines) is 1. The first-order chi connectivity index (χ1) is 13.5. The van der Waals surface area contributed by atoms with Gasteiger partial charge in [-0.3, -0.25) is 9.59 Å². The third-order valence-electron chi connectivity index (χ3n) is 4.99. The predicted octanol–water partition coefficient (Wildman–Crippen LogP) is 3.44. The summed E-state index contributed by atoms with van der Waals surface area (Å²) in [5.74, 6) is -0.274. The lowest BCUT2D eigenvalue weighted by molar-refractivity contribution is -0.140. The lowest BCUT2D eigenvalue weighted by Gasteiger charge is -2.35. The number of nitrogens with zero attached hydrogens (tertiary/aromatic N) is 3. The molecule has 1 saturated heterocycles. The molecule has 1 amide bonds. The van der Waals surface area contributed by atoms with Crippen molar-refractivity contribution >= 4 is 11.9 Å². The number of amides is 1. The minimum absolute atomic E-state index is 0.0193. The molecule has 1 aliphatic rings. The van der Waals surface area contributed by atoms with Crippen molar-refractivity contribution in [1.29, 1.82) is 0 Å². The molecule has 1 aliphatic heterocycles. The first-order valence-electron chi connectivity index (χ1n) is 9.62. The van der Waals surface area contributed by atoms with E-state index in [9.17, 15) is 14.0 Å². The highest BCUT2D eigenvalue weighted by Crippen LogP contribution is 2.22. The van der Waals surface area contributed by atoms with Crippen LogP contribution in [0.5, 0.6) is 0 Å². The molecule has 1 aromatic carbocycles. The van der Waals surface area contributed by atoms with Gasteiger partial charge in [0.1, 0.15) is 5.82 Å². The molecular formula is C20H24FN3O4. The van der Waals surface area contributed by atoms with E-state index in [1.807, 2.05) is 4.90 Å². The Labute approximate surface area is 162 Å². The van der Waals surface area contributed by atoms with Crippen LogP contribution < -0.4 is 0 Å². The third-order valence-corrected chi connectivity index (χ3v) is 4.99. The fourth-order valence-electron chi connectivity index (χ4n) is 3.53. The summed E-state index contributed by atoms with van der Waals surface area (Å²) >= 11 is 0. The first-order valence-corrected chi connectivity index (χ1v) is 9.62. The van der Waals surface area contributed by atoms with Crippen LogP contribution >= 0.6 is 0 Å². The van der Waals surface area contributed by atoms with Gasteiger partial charge in [0.15, 0.2) is 0 Å². The average Bonchev–Trinajstić information content (AvgIpc) is 3.16. The number of hydrogen-bond donors (Lipinski definition) is 1. The van der Waals surface area contributed by atoms with E-state index in [0.29, 0.717) is 49.5 Å². The molecule has 1 N–H and O–H groups in total. The fraction of sp³-hybridized carbons (Fsp3) is 0.500. The Hall–Kier alpha value is -2.77. The number of rotatable bonds is 8. The molecule has 150 valence electrons. The van der Waals surface area contributed by atoms with Crippen LogP contribution in [0.3, 0.4) is 0 Å². The van der Waals surface area contributed by atoms with E-state index in [1.54, 1.807) is 12.1 Å². The summed E-state index contributed by atoms with van der Waals surface area (Å²) < 4.78 is 18.2. The number of carbonyl (C=O) groups is 2. The van der Waals surface area contributed by atoms with E-state index < -0.39 is 5.97 Å². The van der Waals surface area contributed by atoms with Crippen LogP contribution in [0.25, 0.3) is 11.4 Å². The highest BCUT2D eigenvalue weighted by Gasteiger charge is 2.26. The number of carboxylic acid groups (broad SMARTS) is 1. The smallest absolute Gasteiger partial charge is 0.303 e. The maximum Gasteiger partial charge on any atom is 0.303 e. The number of aromatic nitrogens is 2. The number of carboxylic acids is 1. The summed E-state index contributed by atoms with van der Waals surface area (Å²) in [6.07, 6.45) is 4.86. The van der Waals surface area contributed by atoms with Gasteiger partial charge in [-0.05, 0) is 56.4 Å². The van der Waals surface area contributed by atoms with E-state index >= 15 is 0 Å². The number of halogens is 1. The lowest BCUT2D eigenvalue weighted by Crippen LogP contribution is -2.43. The minimum Gasteiger partial charge on any atom is -0.481 e. The summed E-state index contributed by atoms with van der Waals surface area (Å²) in [6, 6.07) is 5.86. The van der Waals surface area contributed by atoms with Crippen molar-refractivity contribution in [1.82, 2.24) is 15.0 Å². The molecule has 0 saturated carbocycles. The highest BCUT2D eigenvalue weighted by atomic mass is 19.1.